The van der Waals surface area contributed by atoms with Gasteiger partial charge in [0.15, 0.2) is 0 Å². The summed E-state index contributed by atoms with van der Waals surface area (Å²) in [5.41, 5.74) is 5.19. The summed E-state index contributed by atoms with van der Waals surface area (Å²) in [4.78, 5) is 0. The Hall–Kier alpha value is -0.120. The Labute approximate surface area is 44.2 Å². The largest absolute Gasteiger partial charge is 0.258 e. The number of hydrazine groups is 2. The molecule has 0 aromatic heterocycles. The molecule has 0 heterocycles. The van der Waals surface area contributed by atoms with E-state index < -0.39 is 0 Å². The van der Waals surface area contributed by atoms with Crippen LogP contribution in [-0.2, 0) is 0 Å². The third-order valence-electron chi connectivity index (χ3n) is 0.942. The van der Waals surface area contributed by atoms with Crippen molar-refractivity contribution in [3.05, 3.63) is 0 Å². The van der Waals surface area contributed by atoms with Gasteiger partial charge in [-0.25, -0.2) is 5.43 Å². The van der Waals surface area contributed by atoms with Gasteiger partial charge >= 0.3 is 0 Å². The van der Waals surface area contributed by atoms with Crippen molar-refractivity contribution in [1.29, 1.82) is 0 Å². The van der Waals surface area contributed by atoms with Crippen LogP contribution in [0.5, 0.6) is 0 Å². The average molecular weight is 103 g/mol. The van der Waals surface area contributed by atoms with Crippen LogP contribution in [0.25, 0.3) is 0 Å². The summed E-state index contributed by atoms with van der Waals surface area (Å²) in [6.07, 6.45) is 1.09. The quantitative estimate of drug-likeness (QED) is 0.341. The summed E-state index contributed by atoms with van der Waals surface area (Å²) < 4.78 is 0. The van der Waals surface area contributed by atoms with Gasteiger partial charge in [0.1, 0.15) is 0 Å². The van der Waals surface area contributed by atoms with E-state index in [0.717, 1.165) is 6.42 Å². The predicted octanol–water partition coefficient (Wildman–Crippen LogP) is -0.247. The molecule has 0 aromatic rings. The summed E-state index contributed by atoms with van der Waals surface area (Å²) in [6, 6.07) is 0.463. The Morgan fingerprint density at radius 2 is 2.29 bits per heavy atom. The molecule has 0 radical (unpaired) electrons. The highest BCUT2D eigenvalue weighted by Gasteiger charge is 1.90. The topological polar surface area (TPSA) is 50.1 Å². The Morgan fingerprint density at radius 3 is 2.43 bits per heavy atom. The molecule has 0 saturated heterocycles. The van der Waals surface area contributed by atoms with Crippen molar-refractivity contribution in [2.45, 2.75) is 26.3 Å². The van der Waals surface area contributed by atoms with E-state index >= 15 is 0 Å². The molecule has 3 nitrogen and oxygen atoms in total. The van der Waals surface area contributed by atoms with Crippen LogP contribution in [0.15, 0.2) is 0 Å². The van der Waals surface area contributed by atoms with E-state index in [-0.39, 0.29) is 0 Å². The molecule has 4 N–H and O–H groups in total. The van der Waals surface area contributed by atoms with Crippen LogP contribution in [0.3, 0.4) is 0 Å². The molecule has 44 valence electrons. The zero-order valence-electron chi connectivity index (χ0n) is 4.86. The molecule has 0 fully saturated rings. The van der Waals surface area contributed by atoms with Crippen LogP contribution in [0.2, 0.25) is 0 Å². The fourth-order valence-corrected chi connectivity index (χ4v) is 0.244. The Balaban J connectivity index is 2.83. The van der Waals surface area contributed by atoms with Gasteiger partial charge in [0.2, 0.25) is 0 Å². The molecule has 0 amide bonds. The van der Waals surface area contributed by atoms with E-state index in [1.165, 1.54) is 0 Å². The summed E-state index contributed by atoms with van der Waals surface area (Å²) in [6.45, 7) is 4.15. The number of hydrogen-bond acceptors (Lipinski definition) is 3. The molecule has 0 bridgehead atoms. The third kappa shape index (κ3) is 3.72. The molecule has 1 atom stereocenters. The molecule has 0 aromatic carbocycles. The Kier molecular flexibility index (Phi) is 3.98. The first-order valence-corrected chi connectivity index (χ1v) is 2.52. The number of nitrogens with two attached hydrogens (primary N) is 1. The summed E-state index contributed by atoms with van der Waals surface area (Å²) in [5, 5.41) is 0. The molecule has 0 aliphatic heterocycles. The maximum absolute atomic E-state index is 4.94. The minimum absolute atomic E-state index is 0.463. The monoisotopic (exact) mass is 103 g/mol. The minimum atomic E-state index is 0.463. The van der Waals surface area contributed by atoms with E-state index in [1.54, 1.807) is 0 Å². The van der Waals surface area contributed by atoms with Gasteiger partial charge in [-0.05, 0) is 13.3 Å². The van der Waals surface area contributed by atoms with E-state index in [0.29, 0.717) is 6.04 Å². The number of nitrogens with one attached hydrogen (secondary N) is 2. The van der Waals surface area contributed by atoms with Crippen molar-refractivity contribution in [1.82, 2.24) is 11.0 Å². The van der Waals surface area contributed by atoms with Crippen LogP contribution in [0.4, 0.5) is 0 Å². The van der Waals surface area contributed by atoms with Gasteiger partial charge in [0.05, 0.1) is 0 Å². The SMILES string of the molecule is CCC(C)NNN. The first-order chi connectivity index (χ1) is 3.31. The van der Waals surface area contributed by atoms with Crippen LogP contribution >= 0.6 is 0 Å². The lowest BCUT2D eigenvalue weighted by atomic mass is 10.3. The van der Waals surface area contributed by atoms with Gasteiger partial charge in [0, 0.05) is 6.04 Å². The predicted molar refractivity (Wildman–Crippen MR) is 30.2 cm³/mol. The lowest BCUT2D eigenvalue weighted by Crippen LogP contribution is -2.43. The normalized spacial score (nSPS) is 14.1. The highest BCUT2D eigenvalue weighted by molar-refractivity contribution is 4.48. The van der Waals surface area contributed by atoms with E-state index in [9.17, 15) is 0 Å². The maximum Gasteiger partial charge on any atom is 0.0195 e. The lowest BCUT2D eigenvalue weighted by Gasteiger charge is -2.07. The van der Waals surface area contributed by atoms with Crippen molar-refractivity contribution in [2.24, 2.45) is 5.84 Å². The highest BCUT2D eigenvalue weighted by Crippen LogP contribution is 1.82. The number of rotatable bonds is 3. The van der Waals surface area contributed by atoms with Crippen molar-refractivity contribution >= 4 is 0 Å². The fraction of sp³-hybridized carbons (Fsp3) is 1.00. The van der Waals surface area contributed by atoms with E-state index in [1.807, 2.05) is 0 Å². The maximum atomic E-state index is 4.94. The van der Waals surface area contributed by atoms with Gasteiger partial charge in [-0.3, -0.25) is 5.84 Å². The molecule has 0 aliphatic rings. The zero-order valence-corrected chi connectivity index (χ0v) is 4.86. The van der Waals surface area contributed by atoms with Crippen LogP contribution < -0.4 is 16.8 Å². The Bertz CT molecular complexity index is 37.9. The lowest BCUT2D eigenvalue weighted by molar-refractivity contribution is 0.452. The average Bonchev–Trinajstić information content (AvgIpc) is 1.68. The summed E-state index contributed by atoms with van der Waals surface area (Å²) in [7, 11) is 0. The second-order valence-electron chi connectivity index (χ2n) is 1.60. The van der Waals surface area contributed by atoms with Gasteiger partial charge in [0.25, 0.3) is 0 Å². The minimum Gasteiger partial charge on any atom is -0.258 e. The van der Waals surface area contributed by atoms with Gasteiger partial charge in [-0.15, -0.1) is 0 Å². The third-order valence-corrected chi connectivity index (χ3v) is 0.942. The summed E-state index contributed by atoms with van der Waals surface area (Å²) >= 11 is 0. The van der Waals surface area contributed by atoms with Crippen LogP contribution in [0, 0.1) is 0 Å². The number of hydrogen-bond donors (Lipinski definition) is 3. The molecule has 0 spiro atoms. The molecule has 1 unspecified atom stereocenters. The van der Waals surface area contributed by atoms with Crippen LogP contribution in [-0.4, -0.2) is 6.04 Å². The molecule has 0 saturated carbocycles. The zero-order chi connectivity index (χ0) is 5.70. The molecular weight excluding hydrogens is 90.1 g/mol. The summed E-state index contributed by atoms with van der Waals surface area (Å²) in [5.74, 6) is 4.94. The van der Waals surface area contributed by atoms with E-state index in [4.69, 9.17) is 5.84 Å². The van der Waals surface area contributed by atoms with E-state index in [2.05, 4.69) is 24.8 Å². The molecule has 7 heavy (non-hydrogen) atoms. The molecule has 0 aliphatic carbocycles. The highest BCUT2D eigenvalue weighted by atomic mass is 15.5. The van der Waals surface area contributed by atoms with Crippen molar-refractivity contribution in [3.8, 4) is 0 Å². The first-order valence-electron chi connectivity index (χ1n) is 2.52. The second-order valence-corrected chi connectivity index (χ2v) is 1.60. The molecular formula is C4H13N3. The van der Waals surface area contributed by atoms with Crippen molar-refractivity contribution < 1.29 is 0 Å². The van der Waals surface area contributed by atoms with Gasteiger partial charge < -0.3 is 0 Å². The fourth-order valence-electron chi connectivity index (χ4n) is 0.244. The smallest absolute Gasteiger partial charge is 0.0195 e. The molecule has 3 heteroatoms. The van der Waals surface area contributed by atoms with Crippen molar-refractivity contribution in [3.63, 3.8) is 0 Å². The van der Waals surface area contributed by atoms with Crippen LogP contribution in [0.1, 0.15) is 20.3 Å². The Morgan fingerprint density at radius 1 is 1.71 bits per heavy atom. The second kappa shape index (κ2) is 4.05. The van der Waals surface area contributed by atoms with Gasteiger partial charge in [-0.2, -0.15) is 5.53 Å². The van der Waals surface area contributed by atoms with Crippen molar-refractivity contribution in [2.75, 3.05) is 0 Å². The van der Waals surface area contributed by atoms with Gasteiger partial charge in [-0.1, -0.05) is 6.92 Å². The first kappa shape index (κ1) is 6.88. The standard InChI is InChI=1S/C4H13N3/c1-3-4(2)6-7-5/h4,6-7H,3,5H2,1-2H3. The molecule has 0 rings (SSSR count).